The molecule has 0 amide bonds. The van der Waals surface area contributed by atoms with Gasteiger partial charge in [0.2, 0.25) is 0 Å². The van der Waals surface area contributed by atoms with E-state index in [0.29, 0.717) is 0 Å². The standard InChI is InChI=1S/C12H22N4/c1-3-5-12(13)9-15(10-12)7-11-6-14-16(4-2)8-11/h6,8H,3-5,7,9-10,13H2,1-2H3. The number of aryl methyl sites for hydroxylation is 1. The molecular weight excluding hydrogens is 200 g/mol. The van der Waals surface area contributed by atoms with Crippen LogP contribution in [0.15, 0.2) is 12.4 Å². The fourth-order valence-corrected chi connectivity index (χ4v) is 2.53. The Bertz CT molecular complexity index is 339. The van der Waals surface area contributed by atoms with Crippen molar-refractivity contribution in [3.63, 3.8) is 0 Å². The fraction of sp³-hybridized carbons (Fsp3) is 0.750. The van der Waals surface area contributed by atoms with Crippen molar-refractivity contribution in [2.75, 3.05) is 13.1 Å². The van der Waals surface area contributed by atoms with E-state index in [1.165, 1.54) is 12.0 Å². The summed E-state index contributed by atoms with van der Waals surface area (Å²) in [6.45, 7) is 8.28. The van der Waals surface area contributed by atoms with Crippen molar-refractivity contribution in [2.45, 2.75) is 45.3 Å². The van der Waals surface area contributed by atoms with Crippen LogP contribution in [0.4, 0.5) is 0 Å². The summed E-state index contributed by atoms with van der Waals surface area (Å²) in [6.07, 6.45) is 6.39. The number of rotatable bonds is 5. The van der Waals surface area contributed by atoms with Crippen LogP contribution in [0.3, 0.4) is 0 Å². The molecule has 0 radical (unpaired) electrons. The number of nitrogens with zero attached hydrogens (tertiary/aromatic N) is 3. The van der Waals surface area contributed by atoms with Gasteiger partial charge in [0.25, 0.3) is 0 Å². The lowest BCUT2D eigenvalue weighted by molar-refractivity contribution is 0.0567. The molecule has 4 nitrogen and oxygen atoms in total. The molecule has 1 aromatic heterocycles. The molecule has 0 atom stereocenters. The van der Waals surface area contributed by atoms with E-state index in [1.807, 2.05) is 10.9 Å². The van der Waals surface area contributed by atoms with Gasteiger partial charge in [0.15, 0.2) is 0 Å². The second-order valence-electron chi connectivity index (χ2n) is 4.96. The third-order valence-electron chi connectivity index (χ3n) is 3.24. The molecule has 0 saturated carbocycles. The molecule has 16 heavy (non-hydrogen) atoms. The SMILES string of the molecule is CCCC1(N)CN(Cc2cnn(CC)c2)C1. The first kappa shape index (κ1) is 11.6. The van der Waals surface area contributed by atoms with Crippen LogP contribution in [0.5, 0.6) is 0 Å². The maximum absolute atomic E-state index is 6.23. The van der Waals surface area contributed by atoms with Crippen LogP contribution in [0.1, 0.15) is 32.3 Å². The quantitative estimate of drug-likeness (QED) is 0.814. The van der Waals surface area contributed by atoms with Gasteiger partial charge >= 0.3 is 0 Å². The number of likely N-dealkylation sites (tertiary alicyclic amines) is 1. The molecule has 1 fully saturated rings. The fourth-order valence-electron chi connectivity index (χ4n) is 2.53. The van der Waals surface area contributed by atoms with Crippen molar-refractivity contribution >= 4 is 0 Å². The second kappa shape index (κ2) is 4.55. The van der Waals surface area contributed by atoms with Gasteiger partial charge in [-0.2, -0.15) is 5.10 Å². The van der Waals surface area contributed by atoms with Crippen LogP contribution in [0.2, 0.25) is 0 Å². The zero-order chi connectivity index (χ0) is 11.6. The van der Waals surface area contributed by atoms with Gasteiger partial charge in [-0.1, -0.05) is 13.3 Å². The van der Waals surface area contributed by atoms with E-state index in [1.54, 1.807) is 0 Å². The summed E-state index contributed by atoms with van der Waals surface area (Å²) in [4.78, 5) is 2.40. The van der Waals surface area contributed by atoms with E-state index in [2.05, 4.69) is 30.0 Å². The minimum atomic E-state index is 0.0789. The van der Waals surface area contributed by atoms with Crippen LogP contribution < -0.4 is 5.73 Å². The number of hydrogen-bond donors (Lipinski definition) is 1. The average Bonchev–Trinajstić information content (AvgIpc) is 2.64. The van der Waals surface area contributed by atoms with Crippen molar-refractivity contribution in [3.05, 3.63) is 18.0 Å². The van der Waals surface area contributed by atoms with Gasteiger partial charge in [-0.25, -0.2) is 0 Å². The molecule has 1 aliphatic rings. The van der Waals surface area contributed by atoms with Gasteiger partial charge in [-0.3, -0.25) is 9.58 Å². The average molecular weight is 222 g/mol. The molecule has 4 heteroatoms. The first-order valence-corrected chi connectivity index (χ1v) is 6.18. The Labute approximate surface area is 97.4 Å². The highest BCUT2D eigenvalue weighted by molar-refractivity contribution is 5.08. The topological polar surface area (TPSA) is 47.1 Å². The monoisotopic (exact) mass is 222 g/mol. The van der Waals surface area contributed by atoms with Crippen molar-refractivity contribution in [2.24, 2.45) is 5.73 Å². The maximum atomic E-state index is 6.23. The lowest BCUT2D eigenvalue weighted by atomic mass is 9.86. The van der Waals surface area contributed by atoms with Gasteiger partial charge in [0.05, 0.1) is 6.20 Å². The van der Waals surface area contributed by atoms with Crippen molar-refractivity contribution in [1.82, 2.24) is 14.7 Å². The lowest BCUT2D eigenvalue weighted by Crippen LogP contribution is -2.66. The molecule has 1 saturated heterocycles. The van der Waals surface area contributed by atoms with E-state index in [9.17, 15) is 0 Å². The first-order chi connectivity index (χ1) is 7.65. The summed E-state index contributed by atoms with van der Waals surface area (Å²) in [7, 11) is 0. The number of aromatic nitrogens is 2. The summed E-state index contributed by atoms with van der Waals surface area (Å²) < 4.78 is 1.97. The molecule has 0 unspecified atom stereocenters. The van der Waals surface area contributed by atoms with E-state index < -0.39 is 0 Å². The Kier molecular flexibility index (Phi) is 3.30. The van der Waals surface area contributed by atoms with Crippen molar-refractivity contribution < 1.29 is 0 Å². The zero-order valence-electron chi connectivity index (χ0n) is 10.3. The summed E-state index contributed by atoms with van der Waals surface area (Å²) in [6, 6.07) is 0. The van der Waals surface area contributed by atoms with Crippen molar-refractivity contribution in [3.8, 4) is 0 Å². The maximum Gasteiger partial charge on any atom is 0.0534 e. The Morgan fingerprint density at radius 2 is 2.19 bits per heavy atom. The van der Waals surface area contributed by atoms with Crippen LogP contribution in [-0.2, 0) is 13.1 Å². The highest BCUT2D eigenvalue weighted by atomic mass is 15.3. The van der Waals surface area contributed by atoms with Gasteiger partial charge < -0.3 is 5.73 Å². The van der Waals surface area contributed by atoms with E-state index >= 15 is 0 Å². The predicted octanol–water partition coefficient (Wildman–Crippen LogP) is 1.22. The Morgan fingerprint density at radius 1 is 1.44 bits per heavy atom. The molecule has 2 N–H and O–H groups in total. The van der Waals surface area contributed by atoms with Gasteiger partial charge in [0.1, 0.15) is 0 Å². The Hall–Kier alpha value is -0.870. The summed E-state index contributed by atoms with van der Waals surface area (Å²) in [5, 5.41) is 4.28. The molecule has 0 aromatic carbocycles. The van der Waals surface area contributed by atoms with Gasteiger partial charge in [-0.15, -0.1) is 0 Å². The molecule has 2 rings (SSSR count). The molecule has 1 aromatic rings. The summed E-state index contributed by atoms with van der Waals surface area (Å²) >= 11 is 0. The summed E-state index contributed by atoms with van der Waals surface area (Å²) in [5.41, 5.74) is 7.60. The normalized spacial score (nSPS) is 19.7. The van der Waals surface area contributed by atoms with E-state index in [0.717, 1.165) is 32.6 Å². The van der Waals surface area contributed by atoms with Gasteiger partial charge in [0, 0.05) is 43.5 Å². The molecule has 0 bridgehead atoms. The lowest BCUT2D eigenvalue weighted by Gasteiger charge is -2.47. The molecule has 90 valence electrons. The Morgan fingerprint density at radius 3 is 2.75 bits per heavy atom. The molecule has 1 aliphatic heterocycles. The van der Waals surface area contributed by atoms with Crippen LogP contribution in [0, 0.1) is 0 Å². The third kappa shape index (κ3) is 2.44. The highest BCUT2D eigenvalue weighted by Gasteiger charge is 2.38. The zero-order valence-corrected chi connectivity index (χ0v) is 10.3. The van der Waals surface area contributed by atoms with Gasteiger partial charge in [-0.05, 0) is 13.3 Å². The molecule has 2 heterocycles. The Balaban J connectivity index is 1.81. The minimum Gasteiger partial charge on any atom is -0.323 e. The van der Waals surface area contributed by atoms with E-state index in [-0.39, 0.29) is 5.54 Å². The first-order valence-electron chi connectivity index (χ1n) is 6.18. The molecular formula is C12H22N4. The molecule has 0 spiro atoms. The predicted molar refractivity (Wildman–Crippen MR) is 65.0 cm³/mol. The van der Waals surface area contributed by atoms with Crippen LogP contribution in [-0.4, -0.2) is 33.3 Å². The highest BCUT2D eigenvalue weighted by Crippen LogP contribution is 2.24. The third-order valence-corrected chi connectivity index (χ3v) is 3.24. The van der Waals surface area contributed by atoms with E-state index in [4.69, 9.17) is 5.73 Å². The van der Waals surface area contributed by atoms with Crippen LogP contribution in [0.25, 0.3) is 0 Å². The number of hydrogen-bond acceptors (Lipinski definition) is 3. The minimum absolute atomic E-state index is 0.0789. The second-order valence-corrected chi connectivity index (χ2v) is 4.96. The largest absolute Gasteiger partial charge is 0.323 e. The van der Waals surface area contributed by atoms with Crippen molar-refractivity contribution in [1.29, 1.82) is 0 Å². The number of nitrogens with two attached hydrogens (primary N) is 1. The summed E-state index contributed by atoms with van der Waals surface area (Å²) in [5.74, 6) is 0. The van der Waals surface area contributed by atoms with Crippen LogP contribution >= 0.6 is 0 Å². The smallest absolute Gasteiger partial charge is 0.0534 e. The molecule has 0 aliphatic carbocycles.